The van der Waals surface area contributed by atoms with E-state index in [-0.39, 0.29) is 30.3 Å². The summed E-state index contributed by atoms with van der Waals surface area (Å²) in [6.45, 7) is 2.30. The molecule has 0 spiro atoms. The van der Waals surface area contributed by atoms with Gasteiger partial charge >= 0.3 is 17.6 Å². The number of thioether (sulfide) groups is 1. The second kappa shape index (κ2) is 10.3. The summed E-state index contributed by atoms with van der Waals surface area (Å²) in [6.07, 6.45) is -1.04. The number of aromatic amines is 1. The number of hydrogen-bond acceptors (Lipinski definition) is 9. The third kappa shape index (κ3) is 5.44. The van der Waals surface area contributed by atoms with E-state index >= 15 is 0 Å². The van der Waals surface area contributed by atoms with Crippen molar-refractivity contribution in [1.29, 1.82) is 0 Å². The van der Waals surface area contributed by atoms with Gasteiger partial charge in [0.1, 0.15) is 30.4 Å². The molecule has 1 aromatic carbocycles. The number of benzene rings is 1. The van der Waals surface area contributed by atoms with Crippen LogP contribution < -0.4 is 16.1 Å². The second-order valence-corrected chi connectivity index (χ2v) is 9.47. The Morgan fingerprint density at radius 3 is 2.54 bits per heavy atom. The van der Waals surface area contributed by atoms with Crippen molar-refractivity contribution in [3.8, 4) is 0 Å². The van der Waals surface area contributed by atoms with Crippen molar-refractivity contribution in [1.82, 2.24) is 9.55 Å². The molecule has 1 N–H and O–H groups in total. The zero-order valence-electron chi connectivity index (χ0n) is 18.8. The van der Waals surface area contributed by atoms with Crippen molar-refractivity contribution in [3.05, 3.63) is 61.9 Å². The Balaban J connectivity index is 1.66. The average Bonchev–Trinajstić information content (AvgIpc) is 3.36. The van der Waals surface area contributed by atoms with Crippen LogP contribution in [0, 0.1) is 0 Å². The van der Waals surface area contributed by atoms with Gasteiger partial charge in [0, 0.05) is 37.2 Å². The Labute approximate surface area is 208 Å². The van der Waals surface area contributed by atoms with Crippen molar-refractivity contribution in [2.45, 2.75) is 44.1 Å². The molecule has 3 heterocycles. The number of nitrogens with zero attached hydrogens (tertiary/aromatic N) is 2. The third-order valence-electron chi connectivity index (χ3n) is 5.49. The van der Waals surface area contributed by atoms with E-state index in [1.54, 1.807) is 24.3 Å². The van der Waals surface area contributed by atoms with Crippen LogP contribution >= 0.6 is 23.4 Å². The number of aromatic nitrogens is 2. The average molecular weight is 524 g/mol. The monoisotopic (exact) mass is 523 g/mol. The van der Waals surface area contributed by atoms with Gasteiger partial charge in [-0.3, -0.25) is 33.6 Å². The molecule has 4 rings (SSSR count). The molecule has 2 aliphatic rings. The molecule has 0 saturated carbocycles. The van der Waals surface area contributed by atoms with Crippen molar-refractivity contribution in [2.75, 3.05) is 17.3 Å². The van der Waals surface area contributed by atoms with Gasteiger partial charge in [-0.2, -0.15) is 0 Å². The van der Waals surface area contributed by atoms with E-state index in [0.717, 1.165) is 0 Å². The highest BCUT2D eigenvalue weighted by Gasteiger charge is 2.41. The highest BCUT2D eigenvalue weighted by atomic mass is 35.5. The van der Waals surface area contributed by atoms with Crippen LogP contribution in [0.15, 0.2) is 40.1 Å². The van der Waals surface area contributed by atoms with Crippen LogP contribution in [-0.2, 0) is 28.6 Å². The van der Waals surface area contributed by atoms with E-state index in [9.17, 15) is 24.0 Å². The molecular weight excluding hydrogens is 502 g/mol. The minimum atomic E-state index is -0.908. The van der Waals surface area contributed by atoms with Crippen LogP contribution in [0.25, 0.3) is 0 Å². The van der Waals surface area contributed by atoms with Gasteiger partial charge in [-0.1, -0.05) is 11.6 Å². The maximum Gasteiger partial charge on any atom is 0.330 e. The molecule has 0 aliphatic carbocycles. The smallest absolute Gasteiger partial charge is 0.330 e. The first-order valence-corrected chi connectivity index (χ1v) is 12.1. The minimum Gasteiger partial charge on any atom is -0.463 e. The number of rotatable bonds is 6. The zero-order valence-corrected chi connectivity index (χ0v) is 20.3. The standard InChI is InChI=1S/C22H22ClN3O8S/c1-11(27)32-9-17-16(33-12(2)28)7-19(34-17)25-8-15(20(30)24-22(25)31)21-26(18(29)10-35-21)14-5-3-13(23)4-6-14/h3-6,8,16-17,19,21H,7,9-10H2,1-2H3,(H,24,30,31)/t16-,17+,19+,21?/m0/s1. The van der Waals surface area contributed by atoms with Crippen LogP contribution in [0.5, 0.6) is 0 Å². The van der Waals surface area contributed by atoms with Crippen LogP contribution in [0.2, 0.25) is 5.02 Å². The number of amides is 1. The number of carbonyl (C=O) groups excluding carboxylic acids is 3. The summed E-state index contributed by atoms with van der Waals surface area (Å²) >= 11 is 7.21. The zero-order chi connectivity index (χ0) is 25.3. The topological polar surface area (TPSA) is 137 Å². The van der Waals surface area contributed by atoms with Crippen molar-refractivity contribution < 1.29 is 28.6 Å². The number of halogens is 1. The van der Waals surface area contributed by atoms with E-state index in [0.29, 0.717) is 10.7 Å². The quantitative estimate of drug-likeness (QED) is 0.561. The Hall–Kier alpha value is -3.09. The van der Waals surface area contributed by atoms with Crippen molar-refractivity contribution in [2.24, 2.45) is 0 Å². The number of esters is 2. The highest BCUT2D eigenvalue weighted by molar-refractivity contribution is 8.00. The van der Waals surface area contributed by atoms with Crippen LogP contribution in [0.4, 0.5) is 5.69 Å². The predicted molar refractivity (Wildman–Crippen MR) is 126 cm³/mol. The molecule has 186 valence electrons. The summed E-state index contributed by atoms with van der Waals surface area (Å²) in [4.78, 5) is 64.6. The molecule has 2 saturated heterocycles. The summed E-state index contributed by atoms with van der Waals surface area (Å²) in [5.41, 5.74) is -0.638. The molecule has 0 radical (unpaired) electrons. The third-order valence-corrected chi connectivity index (χ3v) is 6.94. The molecule has 2 fully saturated rings. The van der Waals surface area contributed by atoms with Crippen molar-refractivity contribution >= 4 is 46.9 Å². The number of H-pyrrole nitrogens is 1. The highest BCUT2D eigenvalue weighted by Crippen LogP contribution is 2.41. The number of carbonyl (C=O) groups is 3. The Bertz CT molecular complexity index is 1260. The lowest BCUT2D eigenvalue weighted by Crippen LogP contribution is -2.37. The van der Waals surface area contributed by atoms with Crippen molar-refractivity contribution in [3.63, 3.8) is 0 Å². The summed E-state index contributed by atoms with van der Waals surface area (Å²) in [7, 11) is 0. The molecule has 0 bridgehead atoms. The SMILES string of the molecule is CC(=O)OC[C@H]1O[C@@H](n2cc(C3SCC(=O)N3c3ccc(Cl)cc3)c(=O)[nH]c2=O)C[C@@H]1OC(C)=O. The fraction of sp³-hybridized carbons (Fsp3) is 0.409. The summed E-state index contributed by atoms with van der Waals surface area (Å²) in [5.74, 6) is -1.15. The molecule has 11 nitrogen and oxygen atoms in total. The molecule has 1 unspecified atom stereocenters. The van der Waals surface area contributed by atoms with Gasteiger partial charge in [-0.15, -0.1) is 11.8 Å². The van der Waals surface area contributed by atoms with Crippen LogP contribution in [0.3, 0.4) is 0 Å². The minimum absolute atomic E-state index is 0.0918. The molecule has 2 aliphatic heterocycles. The lowest BCUT2D eigenvalue weighted by atomic mass is 10.2. The molecule has 1 aromatic heterocycles. The van der Waals surface area contributed by atoms with Gasteiger partial charge in [-0.25, -0.2) is 4.79 Å². The van der Waals surface area contributed by atoms with Gasteiger partial charge in [-0.05, 0) is 24.3 Å². The molecule has 35 heavy (non-hydrogen) atoms. The Morgan fingerprint density at radius 2 is 1.89 bits per heavy atom. The van der Waals surface area contributed by atoms with Crippen LogP contribution in [0.1, 0.15) is 37.4 Å². The van der Waals surface area contributed by atoms with E-state index in [4.69, 9.17) is 25.8 Å². The molecule has 13 heteroatoms. The largest absolute Gasteiger partial charge is 0.463 e. The lowest BCUT2D eigenvalue weighted by Gasteiger charge is -2.24. The fourth-order valence-corrected chi connectivity index (χ4v) is 5.28. The Morgan fingerprint density at radius 1 is 1.17 bits per heavy atom. The first-order valence-electron chi connectivity index (χ1n) is 10.6. The van der Waals surface area contributed by atoms with Gasteiger partial charge in [0.2, 0.25) is 5.91 Å². The van der Waals surface area contributed by atoms with Gasteiger partial charge < -0.3 is 14.2 Å². The maximum atomic E-state index is 12.8. The van der Waals surface area contributed by atoms with E-state index < -0.39 is 47.0 Å². The Kier molecular flexibility index (Phi) is 7.33. The fourth-order valence-electron chi connectivity index (χ4n) is 3.98. The molecule has 1 amide bonds. The summed E-state index contributed by atoms with van der Waals surface area (Å²) < 4.78 is 17.4. The normalized spacial score (nSPS) is 24.0. The molecular formula is C22H22ClN3O8S. The second-order valence-electron chi connectivity index (χ2n) is 7.97. The van der Waals surface area contributed by atoms with E-state index in [1.165, 1.54) is 41.3 Å². The van der Waals surface area contributed by atoms with Gasteiger partial charge in [0.15, 0.2) is 0 Å². The molecule has 2 aromatic rings. The number of hydrogen-bond donors (Lipinski definition) is 1. The molecule has 4 atom stereocenters. The van der Waals surface area contributed by atoms with E-state index in [1.807, 2.05) is 0 Å². The first-order chi connectivity index (χ1) is 16.6. The number of ether oxygens (including phenoxy) is 3. The number of anilines is 1. The van der Waals surface area contributed by atoms with Crippen LogP contribution in [-0.4, -0.2) is 52.0 Å². The first kappa shape index (κ1) is 25.0. The summed E-state index contributed by atoms with van der Waals surface area (Å²) in [6, 6.07) is 6.62. The van der Waals surface area contributed by atoms with Gasteiger partial charge in [0.05, 0.1) is 11.3 Å². The maximum absolute atomic E-state index is 12.8. The lowest BCUT2D eigenvalue weighted by molar-refractivity contribution is -0.155. The number of nitrogens with one attached hydrogen (secondary N) is 1. The van der Waals surface area contributed by atoms with E-state index in [2.05, 4.69) is 4.98 Å². The summed E-state index contributed by atoms with van der Waals surface area (Å²) in [5, 5.41) is -0.193. The van der Waals surface area contributed by atoms with Gasteiger partial charge in [0.25, 0.3) is 5.56 Å². The predicted octanol–water partition coefficient (Wildman–Crippen LogP) is 1.75.